The van der Waals surface area contributed by atoms with Crippen LogP contribution in [0.5, 0.6) is 0 Å². The zero-order valence-electron chi connectivity index (χ0n) is 12.2. The molecule has 0 atom stereocenters. The van der Waals surface area contributed by atoms with Crippen molar-refractivity contribution in [3.8, 4) is 0 Å². The van der Waals surface area contributed by atoms with Gasteiger partial charge in [0, 0.05) is 6.54 Å². The van der Waals surface area contributed by atoms with Crippen molar-refractivity contribution in [1.29, 1.82) is 0 Å². The molecular formula is C14H11FN6OS2. The van der Waals surface area contributed by atoms with Gasteiger partial charge in [-0.25, -0.2) is 24.3 Å². The van der Waals surface area contributed by atoms with E-state index in [1.165, 1.54) is 35.5 Å². The second kappa shape index (κ2) is 5.96. The van der Waals surface area contributed by atoms with Gasteiger partial charge in [-0.15, -0.1) is 11.3 Å². The third-order valence-corrected chi connectivity index (χ3v) is 5.51. The number of aliphatic hydroxyl groups is 1. The van der Waals surface area contributed by atoms with Crippen LogP contribution >= 0.6 is 23.1 Å². The normalized spacial score (nSPS) is 11.6. The van der Waals surface area contributed by atoms with E-state index in [2.05, 4.69) is 19.9 Å². The summed E-state index contributed by atoms with van der Waals surface area (Å²) < 4.78 is 16.7. The van der Waals surface area contributed by atoms with Gasteiger partial charge in [-0.1, -0.05) is 6.07 Å². The molecule has 3 N–H and O–H groups in total. The highest BCUT2D eigenvalue weighted by Gasteiger charge is 2.17. The average molecular weight is 362 g/mol. The highest BCUT2D eigenvalue weighted by Crippen LogP contribution is 2.36. The standard InChI is InChI=1S/C14H11FN6OS2/c15-7-2-1-3-8-10(7)23-14(19-8)24-13-20-9-11(16)17-6-18-12(9)21(13)4-5-22/h1-3,6,22H,4-5H2,(H2,16,17,18). The lowest BCUT2D eigenvalue weighted by molar-refractivity contribution is 0.273. The SMILES string of the molecule is Nc1ncnc2c1nc(Sc1nc3cccc(F)c3s1)n2CCO. The molecular weight excluding hydrogens is 351 g/mol. The summed E-state index contributed by atoms with van der Waals surface area (Å²) in [6.45, 7) is 0.242. The lowest BCUT2D eigenvalue weighted by Gasteiger charge is -2.04. The van der Waals surface area contributed by atoms with Crippen LogP contribution in [0.4, 0.5) is 10.2 Å². The van der Waals surface area contributed by atoms with Gasteiger partial charge in [0.05, 0.1) is 16.8 Å². The minimum atomic E-state index is -0.296. The number of aliphatic hydroxyl groups excluding tert-OH is 1. The average Bonchev–Trinajstić information content (AvgIpc) is 3.12. The molecule has 0 aliphatic heterocycles. The number of halogens is 1. The van der Waals surface area contributed by atoms with Gasteiger partial charge in [-0.05, 0) is 23.9 Å². The van der Waals surface area contributed by atoms with Crippen molar-refractivity contribution in [2.24, 2.45) is 0 Å². The molecule has 0 spiro atoms. The van der Waals surface area contributed by atoms with Gasteiger partial charge in [-0.2, -0.15) is 0 Å². The lowest BCUT2D eigenvalue weighted by Crippen LogP contribution is -2.04. The number of nitrogens with two attached hydrogens (primary N) is 1. The number of imidazole rings is 1. The first-order valence-electron chi connectivity index (χ1n) is 6.98. The van der Waals surface area contributed by atoms with E-state index >= 15 is 0 Å². The van der Waals surface area contributed by atoms with Crippen LogP contribution in [0.3, 0.4) is 0 Å². The summed E-state index contributed by atoms with van der Waals surface area (Å²) in [4.78, 5) is 17.0. The molecule has 0 aliphatic carbocycles. The monoisotopic (exact) mass is 362 g/mol. The van der Waals surface area contributed by atoms with Gasteiger partial charge >= 0.3 is 0 Å². The minimum absolute atomic E-state index is 0.0720. The Morgan fingerprint density at radius 1 is 1.29 bits per heavy atom. The van der Waals surface area contributed by atoms with E-state index in [0.717, 1.165) is 0 Å². The van der Waals surface area contributed by atoms with Crippen molar-refractivity contribution in [3.63, 3.8) is 0 Å². The maximum absolute atomic E-state index is 13.8. The Morgan fingerprint density at radius 2 is 2.17 bits per heavy atom. The second-order valence-electron chi connectivity index (χ2n) is 4.87. The zero-order valence-corrected chi connectivity index (χ0v) is 13.8. The van der Waals surface area contributed by atoms with E-state index < -0.39 is 0 Å². The van der Waals surface area contributed by atoms with E-state index in [0.29, 0.717) is 37.4 Å². The summed E-state index contributed by atoms with van der Waals surface area (Å²) in [5.74, 6) is -0.0234. The number of aromatic nitrogens is 5. The number of benzene rings is 1. The van der Waals surface area contributed by atoms with Crippen LogP contribution in [0, 0.1) is 5.82 Å². The first-order valence-corrected chi connectivity index (χ1v) is 8.61. The van der Waals surface area contributed by atoms with Gasteiger partial charge in [0.15, 0.2) is 26.5 Å². The first kappa shape index (κ1) is 15.2. The number of hydrogen-bond acceptors (Lipinski definition) is 8. The predicted octanol–water partition coefficient (Wildman–Crippen LogP) is 2.30. The van der Waals surface area contributed by atoms with Crippen molar-refractivity contribution in [3.05, 3.63) is 30.3 Å². The molecule has 0 unspecified atom stereocenters. The largest absolute Gasteiger partial charge is 0.395 e. The number of fused-ring (bicyclic) bond motifs is 2. The summed E-state index contributed by atoms with van der Waals surface area (Å²) in [7, 11) is 0. The molecule has 24 heavy (non-hydrogen) atoms. The van der Waals surface area contributed by atoms with Gasteiger partial charge in [-0.3, -0.25) is 0 Å². The van der Waals surface area contributed by atoms with Crippen LogP contribution in [-0.4, -0.2) is 36.2 Å². The molecule has 3 heterocycles. The fourth-order valence-corrected chi connectivity index (χ4v) is 4.40. The third-order valence-electron chi connectivity index (χ3n) is 3.37. The molecule has 0 fully saturated rings. The van der Waals surface area contributed by atoms with E-state index in [-0.39, 0.29) is 18.2 Å². The number of rotatable bonds is 4. The van der Waals surface area contributed by atoms with Crippen molar-refractivity contribution < 1.29 is 9.50 Å². The van der Waals surface area contributed by atoms with Crippen molar-refractivity contribution in [2.45, 2.75) is 16.0 Å². The van der Waals surface area contributed by atoms with Crippen LogP contribution < -0.4 is 5.73 Å². The van der Waals surface area contributed by atoms with Crippen LogP contribution in [0.25, 0.3) is 21.4 Å². The minimum Gasteiger partial charge on any atom is -0.395 e. The number of thiazole rings is 1. The van der Waals surface area contributed by atoms with E-state index in [1.54, 1.807) is 16.7 Å². The van der Waals surface area contributed by atoms with E-state index in [9.17, 15) is 9.50 Å². The molecule has 0 saturated carbocycles. The molecule has 7 nitrogen and oxygen atoms in total. The Kier molecular flexibility index (Phi) is 3.79. The Morgan fingerprint density at radius 3 is 2.96 bits per heavy atom. The Bertz CT molecular complexity index is 1050. The maximum Gasteiger partial charge on any atom is 0.177 e. The maximum atomic E-state index is 13.8. The smallest absolute Gasteiger partial charge is 0.177 e. The van der Waals surface area contributed by atoms with Crippen LogP contribution in [0.15, 0.2) is 34.0 Å². The quantitative estimate of drug-likeness (QED) is 0.574. The van der Waals surface area contributed by atoms with Crippen molar-refractivity contribution in [2.75, 3.05) is 12.3 Å². The summed E-state index contributed by atoms with van der Waals surface area (Å²) in [6.07, 6.45) is 1.36. The Labute approximate surface area is 143 Å². The van der Waals surface area contributed by atoms with Crippen molar-refractivity contribution in [1.82, 2.24) is 24.5 Å². The number of hydrogen-bond donors (Lipinski definition) is 2. The molecule has 0 amide bonds. The predicted molar refractivity (Wildman–Crippen MR) is 90.5 cm³/mol. The zero-order chi connectivity index (χ0) is 16.7. The lowest BCUT2D eigenvalue weighted by atomic mass is 10.3. The van der Waals surface area contributed by atoms with Crippen LogP contribution in [0.2, 0.25) is 0 Å². The molecule has 10 heteroatoms. The second-order valence-corrected chi connectivity index (χ2v) is 7.08. The van der Waals surface area contributed by atoms with Crippen LogP contribution in [0.1, 0.15) is 0 Å². The highest BCUT2D eigenvalue weighted by atomic mass is 32.2. The fraction of sp³-hybridized carbons (Fsp3) is 0.143. The highest BCUT2D eigenvalue weighted by molar-refractivity contribution is 8.01. The van der Waals surface area contributed by atoms with Crippen molar-refractivity contribution >= 4 is 50.3 Å². The third kappa shape index (κ3) is 2.48. The van der Waals surface area contributed by atoms with Crippen LogP contribution in [-0.2, 0) is 6.54 Å². The molecule has 0 aliphatic rings. The molecule has 4 rings (SSSR count). The van der Waals surface area contributed by atoms with Gasteiger partial charge in [0.1, 0.15) is 12.1 Å². The Hall–Kier alpha value is -2.30. The first-order chi connectivity index (χ1) is 11.7. The van der Waals surface area contributed by atoms with Gasteiger partial charge in [0.25, 0.3) is 0 Å². The fourth-order valence-electron chi connectivity index (χ4n) is 2.33. The Balaban J connectivity index is 1.81. The van der Waals surface area contributed by atoms with Gasteiger partial charge in [0.2, 0.25) is 0 Å². The molecule has 0 radical (unpaired) electrons. The molecule has 0 saturated heterocycles. The summed E-state index contributed by atoms with van der Waals surface area (Å²) in [6, 6.07) is 4.80. The van der Waals surface area contributed by atoms with E-state index in [1.807, 2.05) is 0 Å². The molecule has 3 aromatic heterocycles. The molecule has 1 aromatic carbocycles. The molecule has 4 aromatic rings. The van der Waals surface area contributed by atoms with Gasteiger partial charge < -0.3 is 15.4 Å². The van der Waals surface area contributed by atoms with E-state index in [4.69, 9.17) is 5.73 Å². The number of nitrogen functional groups attached to an aromatic ring is 1. The number of nitrogens with zero attached hydrogens (tertiary/aromatic N) is 5. The summed E-state index contributed by atoms with van der Waals surface area (Å²) >= 11 is 2.53. The topological polar surface area (TPSA) is 103 Å². The molecule has 0 bridgehead atoms. The summed E-state index contributed by atoms with van der Waals surface area (Å²) in [5.41, 5.74) is 7.47. The molecule has 122 valence electrons. The summed E-state index contributed by atoms with van der Waals surface area (Å²) in [5, 5.41) is 9.89. The number of anilines is 1.